The van der Waals surface area contributed by atoms with E-state index in [2.05, 4.69) is 0 Å². The molecule has 0 radical (unpaired) electrons. The summed E-state index contributed by atoms with van der Waals surface area (Å²) in [4.78, 5) is 10.8. The van der Waals surface area contributed by atoms with Gasteiger partial charge in [-0.25, -0.2) is 0 Å². The minimum absolute atomic E-state index is 0.0295. The topological polar surface area (TPSA) is 57.5 Å². The number of aliphatic hydroxyl groups is 1. The van der Waals surface area contributed by atoms with Crippen LogP contribution in [0.1, 0.15) is 6.42 Å². The fraction of sp³-hybridized carbons (Fsp3) is 0.857. The summed E-state index contributed by atoms with van der Waals surface area (Å²) >= 11 is 1.77. The van der Waals surface area contributed by atoms with Crippen LogP contribution in [0.4, 0.5) is 0 Å². The minimum Gasteiger partial charge on any atom is -0.481 e. The number of carbonyl (C=O) groups is 1. The fourth-order valence-electron chi connectivity index (χ4n) is 1.85. The van der Waals surface area contributed by atoms with Crippen LogP contribution in [-0.4, -0.2) is 34.3 Å². The molecule has 1 heterocycles. The second kappa shape index (κ2) is 1.93. The molecule has 62 valence electrons. The summed E-state index contributed by atoms with van der Waals surface area (Å²) in [5.41, 5.74) is -0.795. The maximum Gasteiger partial charge on any atom is 0.312 e. The highest BCUT2D eigenvalue weighted by molar-refractivity contribution is 8.00. The zero-order valence-corrected chi connectivity index (χ0v) is 6.86. The van der Waals surface area contributed by atoms with Gasteiger partial charge in [-0.15, -0.1) is 0 Å². The average Bonchev–Trinajstić information content (AvgIpc) is 2.56. The van der Waals surface area contributed by atoms with Crippen LogP contribution in [0.25, 0.3) is 0 Å². The lowest BCUT2D eigenvalue weighted by Crippen LogP contribution is -2.35. The van der Waals surface area contributed by atoms with Crippen LogP contribution in [-0.2, 0) is 4.79 Å². The Morgan fingerprint density at radius 3 is 2.27 bits per heavy atom. The Bertz CT molecular complexity index is 212. The number of aliphatic carboxylic acids is 1. The van der Waals surface area contributed by atoms with Crippen LogP contribution in [0.3, 0.4) is 0 Å². The summed E-state index contributed by atoms with van der Waals surface area (Å²) in [7, 11) is 0. The zero-order valence-electron chi connectivity index (χ0n) is 6.04. The van der Waals surface area contributed by atoms with Crippen LogP contribution in [0.15, 0.2) is 0 Å². The molecule has 3 nitrogen and oxygen atoms in total. The van der Waals surface area contributed by atoms with Gasteiger partial charge in [0.1, 0.15) is 0 Å². The van der Waals surface area contributed by atoms with E-state index in [1.807, 2.05) is 0 Å². The van der Waals surface area contributed by atoms with Crippen molar-refractivity contribution in [3.8, 4) is 0 Å². The van der Waals surface area contributed by atoms with Crippen molar-refractivity contribution in [1.82, 2.24) is 0 Å². The second-order valence-electron chi connectivity index (χ2n) is 3.50. The predicted octanol–water partition coefficient (Wildman–Crippen LogP) is 0.187. The number of thioether (sulfide) groups is 1. The monoisotopic (exact) mass is 174 g/mol. The molecule has 1 aliphatic carbocycles. The van der Waals surface area contributed by atoms with E-state index >= 15 is 0 Å². The molecule has 2 N–H and O–H groups in total. The molecule has 2 rings (SSSR count). The molecule has 1 aliphatic heterocycles. The van der Waals surface area contributed by atoms with E-state index in [4.69, 9.17) is 10.2 Å². The van der Waals surface area contributed by atoms with Crippen LogP contribution >= 0.6 is 11.8 Å². The van der Waals surface area contributed by atoms with Gasteiger partial charge in [0, 0.05) is 16.9 Å². The first kappa shape index (κ1) is 7.43. The third kappa shape index (κ3) is 0.667. The Hall–Kier alpha value is -0.220. The van der Waals surface area contributed by atoms with Crippen molar-refractivity contribution >= 4 is 17.7 Å². The first-order valence-electron chi connectivity index (χ1n) is 3.59. The average molecular weight is 174 g/mol. The van der Waals surface area contributed by atoms with Gasteiger partial charge >= 0.3 is 5.97 Å². The Kier molecular flexibility index (Phi) is 1.30. The molecule has 2 fully saturated rings. The van der Waals surface area contributed by atoms with E-state index in [0.717, 1.165) is 11.5 Å². The normalized spacial score (nSPS) is 38.3. The van der Waals surface area contributed by atoms with E-state index in [-0.39, 0.29) is 12.0 Å². The molecule has 0 aromatic heterocycles. The molecule has 1 saturated carbocycles. The quantitative estimate of drug-likeness (QED) is 0.627. The van der Waals surface area contributed by atoms with Crippen molar-refractivity contribution in [2.24, 2.45) is 10.8 Å². The standard InChI is InChI=1S/C7H10O3S/c8-2-7(5(9)10)1-6(7)3-11-4-6/h8H,1-4H2,(H,9,10). The van der Waals surface area contributed by atoms with Crippen molar-refractivity contribution in [2.75, 3.05) is 18.1 Å². The van der Waals surface area contributed by atoms with Gasteiger partial charge in [0.05, 0.1) is 12.0 Å². The van der Waals surface area contributed by atoms with E-state index in [1.54, 1.807) is 11.8 Å². The number of carboxylic acids is 1. The van der Waals surface area contributed by atoms with Crippen LogP contribution < -0.4 is 0 Å². The maximum atomic E-state index is 10.8. The van der Waals surface area contributed by atoms with Crippen molar-refractivity contribution in [3.05, 3.63) is 0 Å². The van der Waals surface area contributed by atoms with Crippen LogP contribution in [0.5, 0.6) is 0 Å². The summed E-state index contributed by atoms with van der Waals surface area (Å²) in [6.45, 7) is -0.192. The van der Waals surface area contributed by atoms with Crippen molar-refractivity contribution in [1.29, 1.82) is 0 Å². The first-order valence-corrected chi connectivity index (χ1v) is 4.74. The molecule has 1 atom stereocenters. The molecular weight excluding hydrogens is 164 g/mol. The lowest BCUT2D eigenvalue weighted by Gasteiger charge is -2.29. The Labute approximate surface area is 68.8 Å². The Balaban J connectivity index is 2.17. The molecule has 4 heteroatoms. The first-order chi connectivity index (χ1) is 5.17. The molecule has 0 aromatic carbocycles. The molecule has 0 aromatic rings. The number of aliphatic hydroxyl groups excluding tert-OH is 1. The summed E-state index contributed by atoms with van der Waals surface area (Å²) < 4.78 is 0. The van der Waals surface area contributed by atoms with Gasteiger partial charge in [0.2, 0.25) is 0 Å². The highest BCUT2D eigenvalue weighted by Gasteiger charge is 2.74. The SMILES string of the molecule is O=C(O)C1(CO)CC12CSC2. The van der Waals surface area contributed by atoms with E-state index in [9.17, 15) is 4.79 Å². The summed E-state index contributed by atoms with van der Waals surface area (Å²) in [6, 6.07) is 0. The van der Waals surface area contributed by atoms with Gasteiger partial charge < -0.3 is 10.2 Å². The Morgan fingerprint density at radius 2 is 2.18 bits per heavy atom. The maximum absolute atomic E-state index is 10.8. The van der Waals surface area contributed by atoms with Gasteiger partial charge in [-0.3, -0.25) is 4.79 Å². The van der Waals surface area contributed by atoms with Gasteiger partial charge in [-0.1, -0.05) is 0 Å². The Morgan fingerprint density at radius 1 is 1.55 bits per heavy atom. The van der Waals surface area contributed by atoms with Crippen molar-refractivity contribution in [3.63, 3.8) is 0 Å². The van der Waals surface area contributed by atoms with Crippen molar-refractivity contribution < 1.29 is 15.0 Å². The largest absolute Gasteiger partial charge is 0.481 e. The number of hydrogen-bond acceptors (Lipinski definition) is 3. The minimum atomic E-state index is -0.819. The van der Waals surface area contributed by atoms with Gasteiger partial charge in [-0.2, -0.15) is 11.8 Å². The highest BCUT2D eigenvalue weighted by atomic mass is 32.2. The van der Waals surface area contributed by atoms with E-state index < -0.39 is 11.4 Å². The smallest absolute Gasteiger partial charge is 0.312 e. The molecule has 1 unspecified atom stereocenters. The number of carboxylic acid groups (broad SMARTS) is 1. The lowest BCUT2D eigenvalue weighted by molar-refractivity contribution is -0.146. The summed E-state index contributed by atoms with van der Waals surface area (Å²) in [6.07, 6.45) is 0.679. The van der Waals surface area contributed by atoms with Gasteiger partial charge in [-0.05, 0) is 6.42 Å². The van der Waals surface area contributed by atoms with E-state index in [1.165, 1.54) is 0 Å². The van der Waals surface area contributed by atoms with Gasteiger partial charge in [0.25, 0.3) is 0 Å². The highest BCUT2D eigenvalue weighted by Crippen LogP contribution is 2.71. The fourth-order valence-corrected chi connectivity index (χ4v) is 3.31. The summed E-state index contributed by atoms with van der Waals surface area (Å²) in [5.74, 6) is 1.01. The van der Waals surface area contributed by atoms with E-state index in [0.29, 0.717) is 6.42 Å². The molecule has 1 spiro atoms. The zero-order chi connectivity index (χ0) is 8.11. The summed E-state index contributed by atoms with van der Waals surface area (Å²) in [5, 5.41) is 17.8. The number of hydrogen-bond donors (Lipinski definition) is 2. The number of rotatable bonds is 2. The molecule has 0 amide bonds. The van der Waals surface area contributed by atoms with Crippen molar-refractivity contribution in [2.45, 2.75) is 6.42 Å². The lowest BCUT2D eigenvalue weighted by atomic mass is 9.96. The molecule has 1 saturated heterocycles. The molecule has 11 heavy (non-hydrogen) atoms. The van der Waals surface area contributed by atoms with Gasteiger partial charge in [0.15, 0.2) is 0 Å². The molecular formula is C7H10O3S. The van der Waals surface area contributed by atoms with Crippen LogP contribution in [0.2, 0.25) is 0 Å². The van der Waals surface area contributed by atoms with Crippen LogP contribution in [0, 0.1) is 10.8 Å². The third-order valence-corrected chi connectivity index (χ3v) is 4.48. The second-order valence-corrected chi connectivity index (χ2v) is 4.48. The molecule has 2 aliphatic rings. The third-order valence-electron chi connectivity index (χ3n) is 2.97. The molecule has 0 bridgehead atoms. The predicted molar refractivity (Wildman–Crippen MR) is 41.5 cm³/mol.